The Hall–Kier alpha value is -2.47. The van der Waals surface area contributed by atoms with E-state index >= 15 is 0 Å². The SMILES string of the molecule is COC(=O)CCCC(=O)c1cc(COCc2ccccc2)on1. The molecule has 1 aromatic carbocycles. The molecule has 1 heterocycles. The average Bonchev–Trinajstić information content (AvgIpc) is 3.04. The lowest BCUT2D eigenvalue weighted by atomic mass is 10.1. The molecule has 0 atom stereocenters. The molecule has 23 heavy (non-hydrogen) atoms. The van der Waals surface area contributed by atoms with Crippen LogP contribution in [0.1, 0.15) is 41.1 Å². The summed E-state index contributed by atoms with van der Waals surface area (Å²) in [7, 11) is 1.32. The third-order valence-electron chi connectivity index (χ3n) is 3.21. The zero-order chi connectivity index (χ0) is 16.5. The number of benzene rings is 1. The zero-order valence-corrected chi connectivity index (χ0v) is 13.0. The third kappa shape index (κ3) is 5.67. The van der Waals surface area contributed by atoms with Crippen molar-refractivity contribution < 1.29 is 23.6 Å². The topological polar surface area (TPSA) is 78.6 Å². The van der Waals surface area contributed by atoms with Crippen LogP contribution in [0.4, 0.5) is 0 Å². The van der Waals surface area contributed by atoms with Gasteiger partial charge >= 0.3 is 5.97 Å². The molecule has 0 fully saturated rings. The molecule has 0 saturated carbocycles. The van der Waals surface area contributed by atoms with Gasteiger partial charge in [-0.25, -0.2) is 0 Å². The number of methoxy groups -OCH3 is 1. The number of aromatic nitrogens is 1. The number of carbonyl (C=O) groups is 2. The average molecular weight is 317 g/mol. The molecule has 0 saturated heterocycles. The van der Waals surface area contributed by atoms with E-state index in [0.29, 0.717) is 18.8 Å². The number of ether oxygens (including phenoxy) is 2. The van der Waals surface area contributed by atoms with Crippen molar-refractivity contribution in [3.05, 3.63) is 53.4 Å². The lowest BCUT2D eigenvalue weighted by Gasteiger charge is -2.01. The van der Waals surface area contributed by atoms with E-state index in [0.717, 1.165) is 5.56 Å². The number of Topliss-reactive ketones (excluding diaryl/α,β-unsaturated/α-hetero) is 1. The van der Waals surface area contributed by atoms with Gasteiger partial charge in [0.25, 0.3) is 0 Å². The Morgan fingerprint density at radius 2 is 1.91 bits per heavy atom. The van der Waals surface area contributed by atoms with E-state index in [1.165, 1.54) is 7.11 Å². The van der Waals surface area contributed by atoms with Gasteiger partial charge in [-0.3, -0.25) is 9.59 Å². The molecule has 0 aliphatic rings. The maximum atomic E-state index is 11.9. The Morgan fingerprint density at radius 3 is 2.65 bits per heavy atom. The summed E-state index contributed by atoms with van der Waals surface area (Å²) in [5.74, 6) is 0.0113. The minimum Gasteiger partial charge on any atom is -0.469 e. The van der Waals surface area contributed by atoms with Crippen molar-refractivity contribution in [1.82, 2.24) is 5.16 Å². The third-order valence-corrected chi connectivity index (χ3v) is 3.21. The Bertz CT molecular complexity index is 635. The second kappa shape index (κ2) is 8.85. The summed E-state index contributed by atoms with van der Waals surface area (Å²) < 4.78 is 15.1. The number of hydrogen-bond donors (Lipinski definition) is 0. The van der Waals surface area contributed by atoms with Crippen LogP contribution in [0.25, 0.3) is 0 Å². The van der Waals surface area contributed by atoms with E-state index in [9.17, 15) is 9.59 Å². The molecular formula is C17H19NO5. The quantitative estimate of drug-likeness (QED) is 0.522. The molecule has 1 aromatic heterocycles. The van der Waals surface area contributed by atoms with Gasteiger partial charge in [-0.15, -0.1) is 0 Å². The summed E-state index contributed by atoms with van der Waals surface area (Å²) in [6, 6.07) is 11.3. The van der Waals surface area contributed by atoms with Gasteiger partial charge in [0.1, 0.15) is 12.3 Å². The van der Waals surface area contributed by atoms with Crippen LogP contribution < -0.4 is 0 Å². The van der Waals surface area contributed by atoms with Crippen molar-refractivity contribution in [3.63, 3.8) is 0 Å². The van der Waals surface area contributed by atoms with Crippen molar-refractivity contribution in [3.8, 4) is 0 Å². The number of nitrogens with zero attached hydrogens (tertiary/aromatic N) is 1. The van der Waals surface area contributed by atoms with Crippen LogP contribution in [0.5, 0.6) is 0 Å². The van der Waals surface area contributed by atoms with E-state index in [4.69, 9.17) is 9.26 Å². The van der Waals surface area contributed by atoms with Crippen molar-refractivity contribution in [2.45, 2.75) is 32.5 Å². The highest BCUT2D eigenvalue weighted by molar-refractivity contribution is 5.94. The van der Waals surface area contributed by atoms with Crippen molar-refractivity contribution in [1.29, 1.82) is 0 Å². The molecule has 122 valence electrons. The highest BCUT2D eigenvalue weighted by Gasteiger charge is 2.13. The Morgan fingerprint density at radius 1 is 1.13 bits per heavy atom. The van der Waals surface area contributed by atoms with Gasteiger partial charge < -0.3 is 14.0 Å². The lowest BCUT2D eigenvalue weighted by Crippen LogP contribution is -2.04. The Labute approximate surface area is 134 Å². The lowest BCUT2D eigenvalue weighted by molar-refractivity contribution is -0.140. The van der Waals surface area contributed by atoms with E-state index in [1.807, 2.05) is 30.3 Å². The number of carbonyl (C=O) groups excluding carboxylic acids is 2. The molecule has 0 aliphatic carbocycles. The highest BCUT2D eigenvalue weighted by Crippen LogP contribution is 2.11. The van der Waals surface area contributed by atoms with Crippen molar-refractivity contribution in [2.75, 3.05) is 7.11 Å². The van der Waals surface area contributed by atoms with Crippen molar-refractivity contribution in [2.24, 2.45) is 0 Å². The predicted molar refractivity (Wildman–Crippen MR) is 81.6 cm³/mol. The molecule has 6 nitrogen and oxygen atoms in total. The summed E-state index contributed by atoms with van der Waals surface area (Å²) in [5.41, 5.74) is 1.32. The molecule has 0 amide bonds. The van der Waals surface area contributed by atoms with E-state index in [-0.39, 0.29) is 36.9 Å². The first-order valence-corrected chi connectivity index (χ1v) is 7.36. The normalized spacial score (nSPS) is 10.5. The molecule has 2 rings (SSSR count). The summed E-state index contributed by atoms with van der Waals surface area (Å²) in [6.45, 7) is 0.710. The maximum Gasteiger partial charge on any atom is 0.305 e. The number of hydrogen-bond acceptors (Lipinski definition) is 6. The van der Waals surface area contributed by atoms with Crippen LogP contribution in [0.3, 0.4) is 0 Å². The van der Waals surface area contributed by atoms with Gasteiger partial charge in [0, 0.05) is 18.9 Å². The first kappa shape index (κ1) is 16.9. The minimum atomic E-state index is -0.326. The zero-order valence-electron chi connectivity index (χ0n) is 13.0. The molecule has 0 unspecified atom stereocenters. The Balaban J connectivity index is 1.74. The second-order valence-corrected chi connectivity index (χ2v) is 5.01. The first-order valence-electron chi connectivity index (χ1n) is 7.36. The standard InChI is InChI=1S/C17H19NO5/c1-21-17(20)9-5-8-16(19)15-10-14(23-18-15)12-22-11-13-6-3-2-4-7-13/h2-4,6-7,10H,5,8-9,11-12H2,1H3. The highest BCUT2D eigenvalue weighted by atomic mass is 16.5. The first-order chi connectivity index (χ1) is 11.2. The van der Waals surface area contributed by atoms with Crippen LogP contribution in [-0.4, -0.2) is 24.0 Å². The minimum absolute atomic E-state index is 0.160. The fraction of sp³-hybridized carbons (Fsp3) is 0.353. The predicted octanol–water partition coefficient (Wildman–Crippen LogP) is 2.92. The number of rotatable bonds is 9. The van der Waals surface area contributed by atoms with E-state index < -0.39 is 0 Å². The van der Waals surface area contributed by atoms with Gasteiger partial charge in [-0.2, -0.15) is 0 Å². The number of ketones is 1. The van der Waals surface area contributed by atoms with Crippen LogP contribution in [0, 0.1) is 0 Å². The van der Waals surface area contributed by atoms with Crippen molar-refractivity contribution >= 4 is 11.8 Å². The van der Waals surface area contributed by atoms with Gasteiger partial charge in [0.05, 0.1) is 13.7 Å². The van der Waals surface area contributed by atoms with Gasteiger partial charge in [-0.1, -0.05) is 35.5 Å². The monoisotopic (exact) mass is 317 g/mol. The maximum absolute atomic E-state index is 11.9. The van der Waals surface area contributed by atoms with E-state index in [2.05, 4.69) is 9.89 Å². The smallest absolute Gasteiger partial charge is 0.305 e. The molecule has 0 N–H and O–H groups in total. The summed E-state index contributed by atoms with van der Waals surface area (Å²) in [5, 5.41) is 3.74. The largest absolute Gasteiger partial charge is 0.469 e. The summed E-state index contributed by atoms with van der Waals surface area (Å²) in [6.07, 6.45) is 0.872. The van der Waals surface area contributed by atoms with Gasteiger partial charge in [-0.05, 0) is 12.0 Å². The molecular weight excluding hydrogens is 298 g/mol. The molecule has 0 aliphatic heterocycles. The fourth-order valence-electron chi connectivity index (χ4n) is 1.98. The van der Waals surface area contributed by atoms with Gasteiger partial charge in [0.15, 0.2) is 11.5 Å². The molecule has 0 spiro atoms. The number of esters is 1. The fourth-order valence-corrected chi connectivity index (χ4v) is 1.98. The summed E-state index contributed by atoms with van der Waals surface area (Å²) in [4.78, 5) is 22.9. The Kier molecular flexibility index (Phi) is 6.50. The van der Waals surface area contributed by atoms with Gasteiger partial charge in [0.2, 0.25) is 0 Å². The second-order valence-electron chi connectivity index (χ2n) is 5.01. The van der Waals surface area contributed by atoms with Crippen LogP contribution in [-0.2, 0) is 27.5 Å². The van der Waals surface area contributed by atoms with E-state index in [1.54, 1.807) is 6.07 Å². The van der Waals surface area contributed by atoms with Crippen LogP contribution >= 0.6 is 0 Å². The van der Waals surface area contributed by atoms with Crippen LogP contribution in [0.2, 0.25) is 0 Å². The molecule has 2 aromatic rings. The molecule has 0 bridgehead atoms. The van der Waals surface area contributed by atoms with Crippen LogP contribution in [0.15, 0.2) is 40.9 Å². The molecule has 0 radical (unpaired) electrons. The summed E-state index contributed by atoms with van der Waals surface area (Å²) >= 11 is 0. The molecule has 6 heteroatoms.